The Morgan fingerprint density at radius 3 is 2.19 bits per heavy atom. The van der Waals surface area contributed by atoms with Crippen molar-refractivity contribution in [3.8, 4) is 0 Å². The van der Waals surface area contributed by atoms with E-state index in [0.29, 0.717) is 3.63 Å². The minimum Gasteiger partial charge on any atom is -1.00 e. The van der Waals surface area contributed by atoms with Crippen LogP contribution in [0.4, 0.5) is 0 Å². The molecule has 0 saturated heterocycles. The van der Waals surface area contributed by atoms with Gasteiger partial charge in [-0.3, -0.25) is 0 Å². The number of fused-ring (bicyclic) bond motifs is 2. The molecule has 0 saturated carbocycles. The number of rotatable bonds is 7. The molecule has 4 unspecified atom stereocenters. The third-order valence-corrected chi connectivity index (χ3v) is 15.8. The third-order valence-electron chi connectivity index (χ3n) is 7.17. The van der Waals surface area contributed by atoms with Crippen LogP contribution in [0.1, 0.15) is 81.2 Å². The van der Waals surface area contributed by atoms with Crippen molar-refractivity contribution in [3.63, 3.8) is 0 Å². The molecule has 170 valence electrons. The number of halogens is 2. The summed E-state index contributed by atoms with van der Waals surface area (Å²) >= 11 is -0.759. The van der Waals surface area contributed by atoms with E-state index in [1.165, 1.54) is 35.1 Å². The van der Waals surface area contributed by atoms with Gasteiger partial charge in [0, 0.05) is 0 Å². The standard InChI is InChI=1S/C17H24P.C11H11.2ClH.Zr/c1-5-13(3)18(14(4)6-2)17-11-15-9-7-8-10-16(15)12-17;1-8-6-7-9(2)11-5-3-4-10(8)11;;;/h7-14H,5-6H2,1-4H3;3-7H,1-2H3;2*1H;/q;;;;+2/p-2. The number of hydrogen-bond acceptors (Lipinski definition) is 0. The van der Waals surface area contributed by atoms with Crippen LogP contribution in [0.3, 0.4) is 0 Å². The molecule has 2 aliphatic carbocycles. The first kappa shape index (κ1) is 28.1. The van der Waals surface area contributed by atoms with Crippen LogP contribution in [-0.4, -0.2) is 11.3 Å². The zero-order chi connectivity index (χ0) is 21.4. The van der Waals surface area contributed by atoms with E-state index >= 15 is 0 Å². The Morgan fingerprint density at radius 1 is 0.906 bits per heavy atom. The number of hydrogen-bond donors (Lipinski definition) is 0. The summed E-state index contributed by atoms with van der Waals surface area (Å²) in [6.45, 7) is 14.4. The molecule has 2 aliphatic rings. The molecule has 0 heterocycles. The Kier molecular flexibility index (Phi) is 10.5. The van der Waals surface area contributed by atoms with Gasteiger partial charge in [-0.15, -0.1) is 0 Å². The summed E-state index contributed by atoms with van der Waals surface area (Å²) < 4.78 is 1.44. The van der Waals surface area contributed by atoms with Crippen molar-refractivity contribution in [2.45, 2.75) is 73.0 Å². The van der Waals surface area contributed by atoms with Gasteiger partial charge in [0.15, 0.2) is 0 Å². The monoisotopic (exact) mass is 562 g/mol. The Bertz CT molecular complexity index is 987. The fraction of sp³-hybridized carbons (Fsp3) is 0.429. The first-order valence-corrected chi connectivity index (χ1v) is 15.9. The van der Waals surface area contributed by atoms with Crippen molar-refractivity contribution in [1.82, 2.24) is 0 Å². The summed E-state index contributed by atoms with van der Waals surface area (Å²) in [5.74, 6) is 0. The van der Waals surface area contributed by atoms with E-state index in [0.717, 1.165) is 14.9 Å². The molecule has 0 N–H and O–H groups in total. The van der Waals surface area contributed by atoms with E-state index in [4.69, 9.17) is 0 Å². The topological polar surface area (TPSA) is 0 Å². The molecule has 4 atom stereocenters. The molecular weight excluding hydrogens is 529 g/mol. The second-order valence-corrected chi connectivity index (χ2v) is 15.9. The summed E-state index contributed by atoms with van der Waals surface area (Å²) in [6, 6.07) is 13.9. The van der Waals surface area contributed by atoms with Crippen LogP contribution in [0.5, 0.6) is 0 Å². The van der Waals surface area contributed by atoms with Gasteiger partial charge >= 0.3 is 197 Å². The molecule has 4 rings (SSSR count). The van der Waals surface area contributed by atoms with Gasteiger partial charge in [-0.25, -0.2) is 0 Å². The minimum atomic E-state index is -0.759. The third kappa shape index (κ3) is 5.23. The molecule has 0 amide bonds. The van der Waals surface area contributed by atoms with E-state index in [1.807, 2.05) is 5.31 Å². The molecule has 0 fully saturated rings. The maximum Gasteiger partial charge on any atom is -1.00 e. The predicted molar refractivity (Wildman–Crippen MR) is 131 cm³/mol. The smallest absolute Gasteiger partial charge is 1.00 e. The maximum atomic E-state index is 2.63. The first-order valence-electron chi connectivity index (χ1n) is 11.6. The largest absolute Gasteiger partial charge is 1.00 e. The molecule has 0 aliphatic heterocycles. The van der Waals surface area contributed by atoms with Gasteiger partial charge in [-0.2, -0.15) is 0 Å². The van der Waals surface area contributed by atoms with Crippen molar-refractivity contribution < 1.29 is 48.0 Å². The molecule has 0 nitrogen and oxygen atoms in total. The Labute approximate surface area is 220 Å². The summed E-state index contributed by atoms with van der Waals surface area (Å²) in [7, 11) is -0.0919. The van der Waals surface area contributed by atoms with Crippen molar-refractivity contribution in [2.75, 3.05) is 0 Å². The second kappa shape index (κ2) is 12.0. The molecule has 2 aromatic carbocycles. The van der Waals surface area contributed by atoms with Gasteiger partial charge in [0.05, 0.1) is 0 Å². The normalized spacial score (nSPS) is 20.8. The van der Waals surface area contributed by atoms with E-state index in [9.17, 15) is 0 Å². The SMILES string of the molecule is CCC(C)P(C1=Cc2ccccc2[CH]1[Zr+2][CH]1C=Cc2c(C)ccc(C)c21)C(C)CC.[Cl-].[Cl-]. The minimum absolute atomic E-state index is 0. The van der Waals surface area contributed by atoms with Crippen LogP contribution < -0.4 is 24.8 Å². The first-order chi connectivity index (χ1) is 14.5. The zero-order valence-electron chi connectivity index (χ0n) is 20.1. The van der Waals surface area contributed by atoms with Crippen molar-refractivity contribution in [2.24, 2.45) is 0 Å². The fourth-order valence-electron chi connectivity index (χ4n) is 5.14. The van der Waals surface area contributed by atoms with Crippen LogP contribution in [0.2, 0.25) is 0 Å². The van der Waals surface area contributed by atoms with Gasteiger partial charge in [0.2, 0.25) is 0 Å². The van der Waals surface area contributed by atoms with Crippen LogP contribution in [-0.2, 0) is 23.2 Å². The molecule has 0 radical (unpaired) electrons. The van der Waals surface area contributed by atoms with E-state index in [-0.39, 0.29) is 32.7 Å². The fourth-order valence-corrected chi connectivity index (χ4v) is 14.5. The molecule has 32 heavy (non-hydrogen) atoms. The van der Waals surface area contributed by atoms with Crippen LogP contribution >= 0.6 is 7.92 Å². The van der Waals surface area contributed by atoms with Crippen molar-refractivity contribution in [3.05, 3.63) is 81.2 Å². The van der Waals surface area contributed by atoms with Crippen LogP contribution in [0.15, 0.2) is 47.8 Å². The molecular formula is C28H35Cl2PZr. The van der Waals surface area contributed by atoms with E-state index in [1.54, 1.807) is 11.1 Å². The quantitative estimate of drug-likeness (QED) is 0.454. The zero-order valence-corrected chi connectivity index (χ0v) is 25.0. The van der Waals surface area contributed by atoms with E-state index in [2.05, 4.69) is 96.2 Å². The summed E-state index contributed by atoms with van der Waals surface area (Å²) in [5, 5.41) is 1.84. The molecule has 2 aromatic rings. The molecule has 0 aromatic heterocycles. The number of benzene rings is 2. The maximum absolute atomic E-state index is 2.63. The average molecular weight is 565 g/mol. The van der Waals surface area contributed by atoms with Crippen LogP contribution in [0, 0.1) is 13.8 Å². The Hall–Kier alpha value is -0.187. The summed E-state index contributed by atoms with van der Waals surface area (Å²) in [5.41, 5.74) is 10.9. The number of allylic oxidation sites excluding steroid dienone is 2. The molecule has 0 spiro atoms. The average Bonchev–Trinajstić information content (AvgIpc) is 3.34. The van der Waals surface area contributed by atoms with Crippen molar-refractivity contribution >= 4 is 20.1 Å². The summed E-state index contributed by atoms with van der Waals surface area (Å²) in [4.78, 5) is 0. The van der Waals surface area contributed by atoms with Gasteiger partial charge < -0.3 is 24.8 Å². The molecule has 0 bridgehead atoms. The molecule has 4 heteroatoms. The van der Waals surface area contributed by atoms with Gasteiger partial charge in [0.1, 0.15) is 0 Å². The summed E-state index contributed by atoms with van der Waals surface area (Å²) in [6.07, 6.45) is 10.2. The second-order valence-electron chi connectivity index (χ2n) is 9.08. The van der Waals surface area contributed by atoms with Crippen LogP contribution in [0.25, 0.3) is 12.2 Å². The van der Waals surface area contributed by atoms with Crippen molar-refractivity contribution in [1.29, 1.82) is 0 Å². The van der Waals surface area contributed by atoms with Gasteiger partial charge in [0.25, 0.3) is 0 Å². The Morgan fingerprint density at radius 2 is 1.53 bits per heavy atom. The van der Waals surface area contributed by atoms with Gasteiger partial charge in [-0.05, 0) is 0 Å². The Balaban J connectivity index is 0.00000181. The number of aryl methyl sites for hydroxylation is 2. The van der Waals surface area contributed by atoms with E-state index < -0.39 is 23.2 Å². The predicted octanol–water partition coefficient (Wildman–Crippen LogP) is 2.64. The van der Waals surface area contributed by atoms with Gasteiger partial charge in [-0.1, -0.05) is 0 Å².